The fraction of sp³-hybridized carbons (Fsp3) is 0.400. The second kappa shape index (κ2) is 11.3. The maximum absolute atomic E-state index is 13.6. The van der Waals surface area contributed by atoms with Crippen molar-refractivity contribution in [1.29, 1.82) is 0 Å². The molecule has 2 fully saturated rings. The Labute approximate surface area is 216 Å². The SMILES string of the molecule is C=C(/C=C\C(=C/C)c1cccc(C)c1)[C@@H]1[C@@H](CO)N2CCCCN(S(=O)(=O)c3ccccc3C)C[C@@H]12. The molecule has 4 rings (SSSR count). The number of hydrogen-bond donors (Lipinski definition) is 1. The molecular formula is C30H38N2O3S. The van der Waals surface area contributed by atoms with Crippen LogP contribution in [0, 0.1) is 19.8 Å². The number of allylic oxidation sites excluding steroid dienone is 4. The lowest BCUT2D eigenvalue weighted by molar-refractivity contribution is -0.0734. The number of aliphatic hydroxyl groups is 1. The average molecular weight is 507 g/mol. The summed E-state index contributed by atoms with van der Waals surface area (Å²) in [6, 6.07) is 15.5. The monoisotopic (exact) mass is 506 g/mol. The summed E-state index contributed by atoms with van der Waals surface area (Å²) >= 11 is 0. The predicted octanol–water partition coefficient (Wildman–Crippen LogP) is 4.97. The summed E-state index contributed by atoms with van der Waals surface area (Å²) in [6.07, 6.45) is 7.92. The van der Waals surface area contributed by atoms with Gasteiger partial charge in [0.1, 0.15) is 0 Å². The Morgan fingerprint density at radius 3 is 2.53 bits per heavy atom. The van der Waals surface area contributed by atoms with Gasteiger partial charge < -0.3 is 5.11 Å². The van der Waals surface area contributed by atoms with Crippen molar-refractivity contribution in [3.8, 4) is 0 Å². The second-order valence-electron chi connectivity index (χ2n) is 9.94. The number of nitrogens with zero attached hydrogens (tertiary/aromatic N) is 2. The van der Waals surface area contributed by atoms with E-state index >= 15 is 0 Å². The van der Waals surface area contributed by atoms with E-state index in [1.807, 2.05) is 32.1 Å². The zero-order chi connectivity index (χ0) is 25.9. The third-order valence-corrected chi connectivity index (χ3v) is 9.64. The summed E-state index contributed by atoms with van der Waals surface area (Å²) in [7, 11) is -3.61. The van der Waals surface area contributed by atoms with Gasteiger partial charge in [0, 0.05) is 31.1 Å². The van der Waals surface area contributed by atoms with E-state index in [2.05, 4.69) is 54.8 Å². The van der Waals surface area contributed by atoms with Crippen LogP contribution in [0.5, 0.6) is 0 Å². The quantitative estimate of drug-likeness (QED) is 0.539. The van der Waals surface area contributed by atoms with Gasteiger partial charge in [-0.05, 0) is 68.5 Å². The van der Waals surface area contributed by atoms with Crippen LogP contribution in [0.25, 0.3) is 5.57 Å². The van der Waals surface area contributed by atoms with E-state index in [4.69, 9.17) is 0 Å². The van der Waals surface area contributed by atoms with Gasteiger partial charge in [-0.25, -0.2) is 8.42 Å². The molecule has 0 amide bonds. The highest BCUT2D eigenvalue weighted by atomic mass is 32.2. The first-order valence-electron chi connectivity index (χ1n) is 12.8. The van der Waals surface area contributed by atoms with Crippen LogP contribution >= 0.6 is 0 Å². The lowest BCUT2D eigenvalue weighted by Gasteiger charge is -2.57. The van der Waals surface area contributed by atoms with Crippen LogP contribution in [0.2, 0.25) is 0 Å². The molecule has 2 aliphatic rings. The largest absolute Gasteiger partial charge is 0.395 e. The van der Waals surface area contributed by atoms with Gasteiger partial charge in [-0.3, -0.25) is 4.90 Å². The second-order valence-corrected chi connectivity index (χ2v) is 11.8. The number of hydrogen-bond acceptors (Lipinski definition) is 4. The Morgan fingerprint density at radius 2 is 1.83 bits per heavy atom. The Hall–Kier alpha value is -2.51. The standard InChI is InChI=1S/C30H38N2O3S/c1-5-25(26-13-10-11-22(2)19-26)16-15-24(4)30-27-20-31(17-8-9-18-32(27)28(30)21-33)36(34,35)29-14-7-6-12-23(29)3/h5-7,10-16,19,27-28,30,33H,4,8-9,17-18,20-21H2,1-3H3/b16-15-,25-5+/t27-,28+,30-/m0/s1. The van der Waals surface area contributed by atoms with Gasteiger partial charge >= 0.3 is 0 Å². The van der Waals surface area contributed by atoms with Crippen LogP contribution in [-0.2, 0) is 10.0 Å². The molecule has 0 aliphatic carbocycles. The van der Waals surface area contributed by atoms with Crippen molar-refractivity contribution in [3.63, 3.8) is 0 Å². The number of aliphatic hydroxyl groups excluding tert-OH is 1. The van der Waals surface area contributed by atoms with Gasteiger partial charge in [0.25, 0.3) is 0 Å². The first kappa shape index (κ1) is 26.6. The van der Waals surface area contributed by atoms with Crippen molar-refractivity contribution < 1.29 is 13.5 Å². The fourth-order valence-electron chi connectivity index (χ4n) is 5.65. The van der Waals surface area contributed by atoms with Crippen molar-refractivity contribution in [2.45, 2.75) is 50.6 Å². The smallest absolute Gasteiger partial charge is 0.243 e. The minimum Gasteiger partial charge on any atom is -0.395 e. The molecule has 0 spiro atoms. The third kappa shape index (κ3) is 5.28. The molecule has 0 aromatic heterocycles. The van der Waals surface area contributed by atoms with Crippen molar-refractivity contribution in [2.75, 3.05) is 26.2 Å². The summed E-state index contributed by atoms with van der Waals surface area (Å²) in [4.78, 5) is 2.65. The maximum atomic E-state index is 13.6. The summed E-state index contributed by atoms with van der Waals surface area (Å²) in [5.41, 5.74) is 5.15. The molecule has 2 saturated heterocycles. The number of benzene rings is 2. The first-order chi connectivity index (χ1) is 17.3. The molecule has 6 heteroatoms. The highest BCUT2D eigenvalue weighted by Gasteiger charge is 2.50. The molecular weight excluding hydrogens is 468 g/mol. The summed E-state index contributed by atoms with van der Waals surface area (Å²) in [5, 5.41) is 10.2. The molecule has 192 valence electrons. The molecule has 5 nitrogen and oxygen atoms in total. The van der Waals surface area contributed by atoms with Gasteiger partial charge in [-0.2, -0.15) is 4.31 Å². The molecule has 2 aromatic carbocycles. The molecule has 0 bridgehead atoms. The van der Waals surface area contributed by atoms with Crippen LogP contribution in [0.1, 0.15) is 36.5 Å². The summed E-state index contributed by atoms with van der Waals surface area (Å²) < 4.78 is 28.9. The van der Waals surface area contributed by atoms with E-state index in [0.717, 1.165) is 41.7 Å². The lowest BCUT2D eigenvalue weighted by atomic mass is 9.74. The van der Waals surface area contributed by atoms with Gasteiger partial charge in [-0.1, -0.05) is 72.8 Å². The first-order valence-corrected chi connectivity index (χ1v) is 14.2. The molecule has 2 aromatic rings. The van der Waals surface area contributed by atoms with Gasteiger partial charge in [0.2, 0.25) is 10.0 Å². The Morgan fingerprint density at radius 1 is 1.08 bits per heavy atom. The molecule has 3 atom stereocenters. The molecule has 0 radical (unpaired) electrons. The molecule has 1 N–H and O–H groups in total. The molecule has 36 heavy (non-hydrogen) atoms. The van der Waals surface area contributed by atoms with Crippen molar-refractivity contribution >= 4 is 15.6 Å². The highest BCUT2D eigenvalue weighted by molar-refractivity contribution is 7.89. The summed E-state index contributed by atoms with van der Waals surface area (Å²) in [6.45, 7) is 12.1. The molecule has 0 saturated carbocycles. The van der Waals surface area contributed by atoms with Crippen molar-refractivity contribution in [3.05, 3.63) is 95.6 Å². The number of aryl methyl sites for hydroxylation is 2. The molecule has 2 aliphatic heterocycles. The average Bonchev–Trinajstić information content (AvgIpc) is 2.83. The number of fused-ring (bicyclic) bond motifs is 1. The minimum atomic E-state index is -3.61. The zero-order valence-electron chi connectivity index (χ0n) is 21.6. The lowest BCUT2D eigenvalue weighted by Crippen LogP contribution is -2.69. The third-order valence-electron chi connectivity index (χ3n) is 7.61. The van der Waals surface area contributed by atoms with E-state index in [1.54, 1.807) is 16.4 Å². The molecule has 0 unspecified atom stereocenters. The topological polar surface area (TPSA) is 60.9 Å². The van der Waals surface area contributed by atoms with E-state index < -0.39 is 10.0 Å². The van der Waals surface area contributed by atoms with Crippen LogP contribution in [0.4, 0.5) is 0 Å². The van der Waals surface area contributed by atoms with E-state index in [0.29, 0.717) is 18.0 Å². The van der Waals surface area contributed by atoms with Crippen LogP contribution in [-0.4, -0.2) is 61.1 Å². The Kier molecular flexibility index (Phi) is 8.30. The van der Waals surface area contributed by atoms with Crippen LogP contribution in [0.3, 0.4) is 0 Å². The fourth-order valence-corrected chi connectivity index (χ4v) is 7.38. The van der Waals surface area contributed by atoms with Gasteiger partial charge in [-0.15, -0.1) is 0 Å². The van der Waals surface area contributed by atoms with E-state index in [1.165, 1.54) is 5.56 Å². The Bertz CT molecular complexity index is 1260. The zero-order valence-corrected chi connectivity index (χ0v) is 22.4. The van der Waals surface area contributed by atoms with E-state index in [9.17, 15) is 13.5 Å². The Balaban J connectivity index is 1.58. The van der Waals surface area contributed by atoms with Crippen molar-refractivity contribution in [1.82, 2.24) is 9.21 Å². The number of rotatable bonds is 7. The predicted molar refractivity (Wildman–Crippen MR) is 147 cm³/mol. The molecule has 2 heterocycles. The minimum absolute atomic E-state index is 0.00506. The highest BCUT2D eigenvalue weighted by Crippen LogP contribution is 2.40. The van der Waals surface area contributed by atoms with Crippen LogP contribution in [0.15, 0.2) is 83.8 Å². The van der Waals surface area contributed by atoms with E-state index in [-0.39, 0.29) is 24.6 Å². The normalized spacial score (nSPS) is 24.1. The van der Waals surface area contributed by atoms with Gasteiger partial charge in [0.15, 0.2) is 0 Å². The summed E-state index contributed by atoms with van der Waals surface area (Å²) in [5.74, 6) is -0.00506. The van der Waals surface area contributed by atoms with Gasteiger partial charge in [0.05, 0.1) is 11.5 Å². The number of sulfonamides is 1. The maximum Gasteiger partial charge on any atom is 0.243 e. The van der Waals surface area contributed by atoms with Crippen LogP contribution < -0.4 is 0 Å². The van der Waals surface area contributed by atoms with Crippen molar-refractivity contribution in [2.24, 2.45) is 5.92 Å².